The maximum Gasteiger partial charge on any atom is 0.271 e. The molecule has 20 heavy (non-hydrogen) atoms. The van der Waals surface area contributed by atoms with Gasteiger partial charge in [0, 0.05) is 24.4 Å². The van der Waals surface area contributed by atoms with Gasteiger partial charge < -0.3 is 11.1 Å². The molecular formula is C11H12N6O3. The highest BCUT2D eigenvalue weighted by Crippen LogP contribution is 2.16. The topological polar surface area (TPSA) is 129 Å². The predicted molar refractivity (Wildman–Crippen MR) is 69.6 cm³/mol. The first-order valence-electron chi connectivity index (χ1n) is 5.72. The number of non-ortho nitro benzene ring substituents is 1. The minimum atomic E-state index is -0.528. The fourth-order valence-electron chi connectivity index (χ4n) is 1.60. The molecule has 0 spiro atoms. The van der Waals surface area contributed by atoms with Crippen molar-refractivity contribution in [2.45, 2.75) is 13.1 Å². The van der Waals surface area contributed by atoms with Crippen LogP contribution in [0.1, 0.15) is 5.69 Å². The third-order valence-electron chi connectivity index (χ3n) is 2.54. The Bertz CT molecular complexity index is 639. The Labute approximate surface area is 113 Å². The summed E-state index contributed by atoms with van der Waals surface area (Å²) in [5.41, 5.74) is 6.35. The van der Waals surface area contributed by atoms with Crippen LogP contribution in [0.25, 0.3) is 0 Å². The maximum absolute atomic E-state index is 11.8. The van der Waals surface area contributed by atoms with Gasteiger partial charge in [-0.2, -0.15) is 0 Å². The lowest BCUT2D eigenvalue weighted by Crippen LogP contribution is -2.21. The third-order valence-corrected chi connectivity index (χ3v) is 2.54. The monoisotopic (exact) mass is 276 g/mol. The Morgan fingerprint density at radius 2 is 2.30 bits per heavy atom. The van der Waals surface area contributed by atoms with Gasteiger partial charge in [0.2, 0.25) is 5.91 Å². The van der Waals surface area contributed by atoms with E-state index in [1.807, 2.05) is 0 Å². The van der Waals surface area contributed by atoms with Crippen LogP contribution in [0.15, 0.2) is 30.5 Å². The lowest BCUT2D eigenvalue weighted by molar-refractivity contribution is -0.384. The molecule has 2 rings (SSSR count). The van der Waals surface area contributed by atoms with Crippen LogP contribution in [0.3, 0.4) is 0 Å². The van der Waals surface area contributed by atoms with Crippen molar-refractivity contribution in [2.24, 2.45) is 5.73 Å². The molecule has 0 aliphatic rings. The first-order valence-corrected chi connectivity index (χ1v) is 5.72. The average Bonchev–Trinajstić information content (AvgIpc) is 2.86. The maximum atomic E-state index is 11.8. The SMILES string of the molecule is NCc1cnnn1CC(=O)Nc1cccc([N+](=O)[O-])c1. The number of nitro benzene ring substituents is 1. The summed E-state index contributed by atoms with van der Waals surface area (Å²) in [6.45, 7) is 0.159. The zero-order valence-electron chi connectivity index (χ0n) is 10.4. The minimum absolute atomic E-state index is 0.0603. The van der Waals surface area contributed by atoms with Crippen LogP contribution in [0.2, 0.25) is 0 Å². The minimum Gasteiger partial charge on any atom is -0.325 e. The quantitative estimate of drug-likeness (QED) is 0.596. The number of nitro groups is 1. The normalized spacial score (nSPS) is 10.2. The number of amides is 1. The number of nitrogens with zero attached hydrogens (tertiary/aromatic N) is 4. The number of carbonyl (C=O) groups is 1. The Hall–Kier alpha value is -2.81. The second-order valence-corrected chi connectivity index (χ2v) is 3.94. The molecule has 0 aliphatic heterocycles. The van der Waals surface area contributed by atoms with Crippen LogP contribution >= 0.6 is 0 Å². The second-order valence-electron chi connectivity index (χ2n) is 3.94. The zero-order valence-corrected chi connectivity index (χ0v) is 10.4. The van der Waals surface area contributed by atoms with Gasteiger partial charge in [0.25, 0.3) is 5.69 Å². The molecule has 0 fully saturated rings. The number of rotatable bonds is 5. The van der Waals surface area contributed by atoms with Crippen molar-refractivity contribution in [1.29, 1.82) is 0 Å². The van der Waals surface area contributed by atoms with E-state index in [1.165, 1.54) is 29.1 Å². The van der Waals surface area contributed by atoms with Gasteiger partial charge >= 0.3 is 0 Å². The molecule has 0 radical (unpaired) electrons. The zero-order chi connectivity index (χ0) is 14.5. The number of hydrogen-bond donors (Lipinski definition) is 2. The molecule has 9 heteroatoms. The van der Waals surface area contributed by atoms with E-state index in [1.54, 1.807) is 6.07 Å². The van der Waals surface area contributed by atoms with Gasteiger partial charge in [0.15, 0.2) is 0 Å². The lowest BCUT2D eigenvalue weighted by atomic mass is 10.3. The van der Waals surface area contributed by atoms with E-state index in [9.17, 15) is 14.9 Å². The van der Waals surface area contributed by atoms with Crippen molar-refractivity contribution >= 4 is 17.3 Å². The Morgan fingerprint density at radius 1 is 1.50 bits per heavy atom. The van der Waals surface area contributed by atoms with Gasteiger partial charge in [0.05, 0.1) is 16.8 Å². The van der Waals surface area contributed by atoms with Crippen molar-refractivity contribution in [1.82, 2.24) is 15.0 Å². The van der Waals surface area contributed by atoms with Crippen LogP contribution in [0.4, 0.5) is 11.4 Å². The summed E-state index contributed by atoms with van der Waals surface area (Å²) >= 11 is 0. The van der Waals surface area contributed by atoms with Gasteiger partial charge in [-0.3, -0.25) is 14.9 Å². The highest BCUT2D eigenvalue weighted by molar-refractivity contribution is 5.90. The van der Waals surface area contributed by atoms with Crippen molar-refractivity contribution in [3.05, 3.63) is 46.3 Å². The van der Waals surface area contributed by atoms with Gasteiger partial charge in [-0.25, -0.2) is 4.68 Å². The summed E-state index contributed by atoms with van der Waals surface area (Å²) in [5, 5.41) is 20.6. The number of aromatic nitrogens is 3. The largest absolute Gasteiger partial charge is 0.325 e. The summed E-state index contributed by atoms with van der Waals surface area (Å²) in [6, 6.07) is 5.69. The van der Waals surface area contributed by atoms with Crippen LogP contribution < -0.4 is 11.1 Å². The summed E-state index contributed by atoms with van der Waals surface area (Å²) in [5.74, 6) is -0.370. The fourth-order valence-corrected chi connectivity index (χ4v) is 1.60. The van der Waals surface area contributed by atoms with Crippen molar-refractivity contribution in [3.63, 3.8) is 0 Å². The fraction of sp³-hybridized carbons (Fsp3) is 0.182. The molecule has 104 valence electrons. The molecular weight excluding hydrogens is 264 g/mol. The van der Waals surface area contributed by atoms with Gasteiger partial charge in [-0.05, 0) is 6.07 Å². The molecule has 1 heterocycles. The van der Waals surface area contributed by atoms with Gasteiger partial charge in [0.1, 0.15) is 6.54 Å². The van der Waals surface area contributed by atoms with Crippen LogP contribution in [-0.4, -0.2) is 25.8 Å². The molecule has 1 aromatic carbocycles. The Kier molecular flexibility index (Phi) is 4.01. The van der Waals surface area contributed by atoms with Crippen molar-refractivity contribution < 1.29 is 9.72 Å². The highest BCUT2D eigenvalue weighted by atomic mass is 16.6. The Balaban J connectivity index is 2.05. The van der Waals surface area contributed by atoms with E-state index in [0.29, 0.717) is 11.4 Å². The van der Waals surface area contributed by atoms with Crippen molar-refractivity contribution in [2.75, 3.05) is 5.32 Å². The first kappa shape index (κ1) is 13.6. The number of hydrogen-bond acceptors (Lipinski definition) is 6. The van der Waals surface area contributed by atoms with Crippen LogP contribution in [0, 0.1) is 10.1 Å². The number of anilines is 1. The summed E-state index contributed by atoms with van der Waals surface area (Å²) in [4.78, 5) is 21.9. The number of nitrogens with one attached hydrogen (secondary N) is 1. The number of benzene rings is 1. The standard InChI is InChI=1S/C11H12N6O3/c12-5-10-6-13-15-16(10)7-11(18)14-8-2-1-3-9(4-8)17(19)20/h1-4,6H,5,7,12H2,(H,14,18). The molecule has 0 saturated heterocycles. The highest BCUT2D eigenvalue weighted by Gasteiger charge is 2.10. The van der Waals surface area contributed by atoms with E-state index < -0.39 is 4.92 Å². The molecule has 0 saturated carbocycles. The smallest absolute Gasteiger partial charge is 0.271 e. The van der Waals surface area contributed by atoms with E-state index in [4.69, 9.17) is 5.73 Å². The molecule has 0 atom stereocenters. The molecule has 0 aliphatic carbocycles. The summed E-state index contributed by atoms with van der Waals surface area (Å²) in [6.07, 6.45) is 1.47. The van der Waals surface area contributed by atoms with Crippen LogP contribution in [-0.2, 0) is 17.9 Å². The second kappa shape index (κ2) is 5.89. The third kappa shape index (κ3) is 3.14. The molecule has 1 amide bonds. The van der Waals surface area contributed by atoms with E-state index >= 15 is 0 Å². The lowest BCUT2D eigenvalue weighted by Gasteiger charge is -2.06. The summed E-state index contributed by atoms with van der Waals surface area (Å²) < 4.78 is 1.37. The molecule has 9 nitrogen and oxygen atoms in total. The van der Waals surface area contributed by atoms with E-state index in [-0.39, 0.29) is 24.7 Å². The molecule has 0 unspecified atom stereocenters. The van der Waals surface area contributed by atoms with E-state index in [2.05, 4.69) is 15.6 Å². The van der Waals surface area contributed by atoms with Crippen LogP contribution in [0.5, 0.6) is 0 Å². The molecule has 1 aromatic heterocycles. The Morgan fingerprint density at radius 3 is 3.00 bits per heavy atom. The number of carbonyl (C=O) groups excluding carboxylic acids is 1. The summed E-state index contributed by atoms with van der Waals surface area (Å²) in [7, 11) is 0. The van der Waals surface area contributed by atoms with Gasteiger partial charge in [-0.15, -0.1) is 5.10 Å². The molecule has 3 N–H and O–H groups in total. The average molecular weight is 276 g/mol. The number of nitrogens with two attached hydrogens (primary N) is 1. The first-order chi connectivity index (χ1) is 9.60. The van der Waals surface area contributed by atoms with Gasteiger partial charge in [-0.1, -0.05) is 11.3 Å². The molecule has 2 aromatic rings. The predicted octanol–water partition coefficient (Wildman–Crippen LogP) is 0.284. The van der Waals surface area contributed by atoms with Crippen molar-refractivity contribution in [3.8, 4) is 0 Å². The van der Waals surface area contributed by atoms with E-state index in [0.717, 1.165) is 0 Å². The molecule has 0 bridgehead atoms.